The zero-order chi connectivity index (χ0) is 17.4. The van der Waals surface area contributed by atoms with Crippen LogP contribution in [0.4, 0.5) is 0 Å². The molecule has 1 amide bonds. The highest BCUT2D eigenvalue weighted by Crippen LogP contribution is 2.28. The molecule has 0 saturated heterocycles. The van der Waals surface area contributed by atoms with Gasteiger partial charge >= 0.3 is 0 Å². The van der Waals surface area contributed by atoms with Gasteiger partial charge in [-0.25, -0.2) is 0 Å². The van der Waals surface area contributed by atoms with E-state index < -0.39 is 0 Å². The van der Waals surface area contributed by atoms with Crippen LogP contribution < -0.4 is 14.8 Å². The summed E-state index contributed by atoms with van der Waals surface area (Å²) in [5.41, 5.74) is 1.89. The summed E-state index contributed by atoms with van der Waals surface area (Å²) in [4.78, 5) is 12.0. The molecule has 0 unspecified atom stereocenters. The number of ether oxygens (including phenoxy) is 2. The van der Waals surface area contributed by atoms with Gasteiger partial charge in [0.1, 0.15) is 0 Å². The molecule has 4 nitrogen and oxygen atoms in total. The van der Waals surface area contributed by atoms with Gasteiger partial charge in [-0.3, -0.25) is 4.79 Å². The van der Waals surface area contributed by atoms with Gasteiger partial charge in [-0.2, -0.15) is 0 Å². The minimum atomic E-state index is -0.0393. The molecular weight excluding hydrogens is 326 g/mol. The highest BCUT2D eigenvalue weighted by atomic mass is 35.5. The molecule has 2 aromatic carbocycles. The van der Waals surface area contributed by atoms with Crippen molar-refractivity contribution in [2.24, 2.45) is 0 Å². The summed E-state index contributed by atoms with van der Waals surface area (Å²) in [6, 6.07) is 12.9. The van der Waals surface area contributed by atoms with E-state index in [4.69, 9.17) is 21.1 Å². The Labute approximate surface area is 147 Å². The summed E-state index contributed by atoms with van der Waals surface area (Å²) < 4.78 is 11.0. The Morgan fingerprint density at radius 3 is 2.46 bits per heavy atom. The Bertz CT molecular complexity index is 671. The van der Waals surface area contributed by atoms with E-state index in [-0.39, 0.29) is 5.91 Å². The molecule has 0 heterocycles. The second kappa shape index (κ2) is 9.18. The second-order valence-corrected chi connectivity index (χ2v) is 5.85. The summed E-state index contributed by atoms with van der Waals surface area (Å²) >= 11 is 5.84. The SMILES string of the molecule is CCCOc1ccc(CNC(=O)Cc2ccc(Cl)cc2)cc1OC. The van der Waals surface area contributed by atoms with Gasteiger partial charge in [-0.15, -0.1) is 0 Å². The van der Waals surface area contributed by atoms with E-state index >= 15 is 0 Å². The van der Waals surface area contributed by atoms with Gasteiger partial charge in [0, 0.05) is 11.6 Å². The Hall–Kier alpha value is -2.20. The van der Waals surface area contributed by atoms with Crippen LogP contribution in [0.2, 0.25) is 5.02 Å². The molecule has 0 radical (unpaired) electrons. The van der Waals surface area contributed by atoms with E-state index in [1.54, 1.807) is 19.2 Å². The number of methoxy groups -OCH3 is 1. The molecule has 0 atom stereocenters. The van der Waals surface area contributed by atoms with Crippen LogP contribution in [0, 0.1) is 0 Å². The summed E-state index contributed by atoms with van der Waals surface area (Å²) in [7, 11) is 1.61. The number of amides is 1. The van der Waals surface area contributed by atoms with Crippen molar-refractivity contribution >= 4 is 17.5 Å². The number of carbonyl (C=O) groups excluding carboxylic acids is 1. The molecule has 24 heavy (non-hydrogen) atoms. The maximum atomic E-state index is 12.0. The largest absolute Gasteiger partial charge is 0.493 e. The van der Waals surface area contributed by atoms with Crippen molar-refractivity contribution in [3.8, 4) is 11.5 Å². The molecule has 1 N–H and O–H groups in total. The third kappa shape index (κ3) is 5.46. The van der Waals surface area contributed by atoms with E-state index in [2.05, 4.69) is 12.2 Å². The van der Waals surface area contributed by atoms with Crippen LogP contribution in [0.1, 0.15) is 24.5 Å². The molecule has 5 heteroatoms. The fourth-order valence-electron chi connectivity index (χ4n) is 2.20. The van der Waals surface area contributed by atoms with Crippen molar-refractivity contribution < 1.29 is 14.3 Å². The Kier molecular flexibility index (Phi) is 6.94. The van der Waals surface area contributed by atoms with Gasteiger partial charge in [0.05, 0.1) is 20.1 Å². The van der Waals surface area contributed by atoms with Crippen molar-refractivity contribution in [3.05, 3.63) is 58.6 Å². The first-order valence-corrected chi connectivity index (χ1v) is 8.31. The topological polar surface area (TPSA) is 47.6 Å². The lowest BCUT2D eigenvalue weighted by Gasteiger charge is -2.12. The number of carbonyl (C=O) groups is 1. The molecule has 0 bridgehead atoms. The van der Waals surface area contributed by atoms with Crippen LogP contribution in [-0.4, -0.2) is 19.6 Å². The summed E-state index contributed by atoms with van der Waals surface area (Å²) in [5, 5.41) is 3.57. The first kappa shape index (κ1) is 18.1. The Morgan fingerprint density at radius 2 is 1.79 bits per heavy atom. The van der Waals surface area contributed by atoms with Crippen LogP contribution in [0.3, 0.4) is 0 Å². The zero-order valence-corrected chi connectivity index (χ0v) is 14.7. The fourth-order valence-corrected chi connectivity index (χ4v) is 2.33. The van der Waals surface area contributed by atoms with Gasteiger partial charge in [0.2, 0.25) is 5.91 Å². The maximum absolute atomic E-state index is 12.0. The van der Waals surface area contributed by atoms with Crippen molar-refractivity contribution in [1.29, 1.82) is 0 Å². The highest BCUT2D eigenvalue weighted by Gasteiger charge is 2.07. The van der Waals surface area contributed by atoms with Crippen molar-refractivity contribution in [3.63, 3.8) is 0 Å². The van der Waals surface area contributed by atoms with Gasteiger partial charge in [0.25, 0.3) is 0 Å². The van der Waals surface area contributed by atoms with Crippen LogP contribution in [0.5, 0.6) is 11.5 Å². The van der Waals surface area contributed by atoms with Crippen molar-refractivity contribution in [2.45, 2.75) is 26.3 Å². The number of hydrogen-bond acceptors (Lipinski definition) is 3. The van der Waals surface area contributed by atoms with Crippen LogP contribution in [0.15, 0.2) is 42.5 Å². The minimum Gasteiger partial charge on any atom is -0.493 e. The second-order valence-electron chi connectivity index (χ2n) is 5.41. The molecule has 0 spiro atoms. The molecule has 2 aromatic rings. The Morgan fingerprint density at radius 1 is 1.08 bits per heavy atom. The monoisotopic (exact) mass is 347 g/mol. The summed E-state index contributed by atoms with van der Waals surface area (Å²) in [6.45, 7) is 3.14. The van der Waals surface area contributed by atoms with Gasteiger partial charge in [-0.1, -0.05) is 36.7 Å². The van der Waals surface area contributed by atoms with E-state index in [0.29, 0.717) is 30.3 Å². The smallest absolute Gasteiger partial charge is 0.224 e. The fraction of sp³-hybridized carbons (Fsp3) is 0.316. The lowest BCUT2D eigenvalue weighted by Crippen LogP contribution is -2.24. The molecule has 0 aromatic heterocycles. The number of rotatable bonds is 8. The molecule has 0 fully saturated rings. The number of benzene rings is 2. The minimum absolute atomic E-state index is 0.0393. The number of hydrogen-bond donors (Lipinski definition) is 1. The first-order valence-electron chi connectivity index (χ1n) is 7.93. The Balaban J connectivity index is 1.91. The van der Waals surface area contributed by atoms with E-state index in [9.17, 15) is 4.79 Å². The van der Waals surface area contributed by atoms with Crippen molar-refractivity contribution in [1.82, 2.24) is 5.32 Å². The van der Waals surface area contributed by atoms with Gasteiger partial charge in [-0.05, 0) is 41.8 Å². The molecule has 128 valence electrons. The average molecular weight is 348 g/mol. The molecular formula is C19H22ClNO3. The molecule has 0 saturated carbocycles. The lowest BCUT2D eigenvalue weighted by atomic mass is 10.1. The molecule has 0 aliphatic rings. The molecule has 2 rings (SSSR count). The normalized spacial score (nSPS) is 10.3. The number of halogens is 1. The van der Waals surface area contributed by atoms with Gasteiger partial charge < -0.3 is 14.8 Å². The van der Waals surface area contributed by atoms with E-state index in [1.807, 2.05) is 30.3 Å². The number of nitrogens with one attached hydrogen (secondary N) is 1. The molecule has 0 aliphatic carbocycles. The summed E-state index contributed by atoms with van der Waals surface area (Å²) in [6.07, 6.45) is 1.26. The predicted molar refractivity (Wildman–Crippen MR) is 95.8 cm³/mol. The van der Waals surface area contributed by atoms with Gasteiger partial charge in [0.15, 0.2) is 11.5 Å². The van der Waals surface area contributed by atoms with Crippen LogP contribution >= 0.6 is 11.6 Å². The van der Waals surface area contributed by atoms with E-state index in [0.717, 1.165) is 23.3 Å². The predicted octanol–water partition coefficient (Wildman–Crippen LogP) is 4.00. The first-order chi connectivity index (χ1) is 11.6. The molecule has 0 aliphatic heterocycles. The van der Waals surface area contributed by atoms with Crippen LogP contribution in [-0.2, 0) is 17.8 Å². The highest BCUT2D eigenvalue weighted by molar-refractivity contribution is 6.30. The average Bonchev–Trinajstić information content (AvgIpc) is 2.60. The standard InChI is InChI=1S/C19H22ClNO3/c1-3-10-24-17-9-6-15(11-18(17)23-2)13-21-19(22)12-14-4-7-16(20)8-5-14/h4-9,11H,3,10,12-13H2,1-2H3,(H,21,22). The quantitative estimate of drug-likeness (QED) is 0.785. The zero-order valence-electron chi connectivity index (χ0n) is 14.0. The maximum Gasteiger partial charge on any atom is 0.224 e. The lowest BCUT2D eigenvalue weighted by molar-refractivity contribution is -0.120. The van der Waals surface area contributed by atoms with E-state index in [1.165, 1.54) is 0 Å². The third-order valence-corrected chi connectivity index (χ3v) is 3.71. The third-order valence-electron chi connectivity index (χ3n) is 3.46. The van der Waals surface area contributed by atoms with Crippen LogP contribution in [0.25, 0.3) is 0 Å². The van der Waals surface area contributed by atoms with Crippen molar-refractivity contribution in [2.75, 3.05) is 13.7 Å². The summed E-state index contributed by atoms with van der Waals surface area (Å²) in [5.74, 6) is 1.35.